The zero-order valence-corrected chi connectivity index (χ0v) is 13.3. The molecule has 0 spiro atoms. The van der Waals surface area contributed by atoms with Gasteiger partial charge in [-0.25, -0.2) is 4.98 Å². The number of nitro benzene ring substituents is 1. The van der Waals surface area contributed by atoms with Gasteiger partial charge in [-0.15, -0.1) is 0 Å². The molecule has 0 unspecified atom stereocenters. The predicted octanol–water partition coefficient (Wildman–Crippen LogP) is 2.90. The number of benzene rings is 1. The molecule has 7 nitrogen and oxygen atoms in total. The number of nitrogens with one attached hydrogen (secondary N) is 1. The molecule has 0 bridgehead atoms. The summed E-state index contributed by atoms with van der Waals surface area (Å²) in [6.45, 7) is 0. The molecule has 10 heteroatoms. The van der Waals surface area contributed by atoms with Crippen LogP contribution in [0.2, 0.25) is 0 Å². The first-order chi connectivity index (χ1) is 10.1. The summed E-state index contributed by atoms with van der Waals surface area (Å²) in [5, 5.41) is 14.0. The summed E-state index contributed by atoms with van der Waals surface area (Å²) >= 11 is 3.96. The lowest BCUT2D eigenvalue weighted by Crippen LogP contribution is -2.14. The SMILES string of the molecule is CSc1nsc(SCC(=O)Nc2cccc([N+](=O)[O-])c2)n1. The van der Waals surface area contributed by atoms with Gasteiger partial charge in [0.05, 0.1) is 10.7 Å². The predicted molar refractivity (Wildman–Crippen MR) is 84.1 cm³/mol. The van der Waals surface area contributed by atoms with Crippen LogP contribution in [0.25, 0.3) is 0 Å². The lowest BCUT2D eigenvalue weighted by molar-refractivity contribution is -0.384. The standard InChI is InChI=1S/C11H10N4O3S3/c1-19-10-13-11(21-14-10)20-6-9(16)12-7-3-2-4-8(5-7)15(17)18/h2-5H,6H2,1H3,(H,12,16). The van der Waals surface area contributed by atoms with E-state index in [1.54, 1.807) is 6.07 Å². The smallest absolute Gasteiger partial charge is 0.271 e. The van der Waals surface area contributed by atoms with Gasteiger partial charge in [0.2, 0.25) is 11.1 Å². The van der Waals surface area contributed by atoms with Crippen LogP contribution in [0.5, 0.6) is 0 Å². The summed E-state index contributed by atoms with van der Waals surface area (Å²) in [7, 11) is 0. The molecule has 1 heterocycles. The van der Waals surface area contributed by atoms with Crippen LogP contribution in [0.15, 0.2) is 33.8 Å². The van der Waals surface area contributed by atoms with Crippen molar-refractivity contribution in [3.8, 4) is 0 Å². The highest BCUT2D eigenvalue weighted by atomic mass is 32.2. The lowest BCUT2D eigenvalue weighted by Gasteiger charge is -2.03. The molecule has 0 aliphatic heterocycles. The molecule has 2 aromatic rings. The molecule has 110 valence electrons. The summed E-state index contributed by atoms with van der Waals surface area (Å²) in [6, 6.07) is 5.82. The van der Waals surface area contributed by atoms with Gasteiger partial charge in [-0.3, -0.25) is 14.9 Å². The molecule has 21 heavy (non-hydrogen) atoms. The van der Waals surface area contributed by atoms with Gasteiger partial charge >= 0.3 is 0 Å². The number of hydrogen-bond acceptors (Lipinski definition) is 8. The number of carbonyl (C=O) groups is 1. The highest BCUT2D eigenvalue weighted by Crippen LogP contribution is 2.24. The number of carbonyl (C=O) groups excluding carboxylic acids is 1. The number of aromatic nitrogens is 2. The Bertz CT molecular complexity index is 662. The van der Waals surface area contributed by atoms with Gasteiger partial charge in [0.15, 0.2) is 4.34 Å². The Morgan fingerprint density at radius 1 is 1.52 bits per heavy atom. The zero-order valence-electron chi connectivity index (χ0n) is 10.8. The molecule has 0 radical (unpaired) electrons. The van der Waals surface area contributed by atoms with E-state index >= 15 is 0 Å². The van der Waals surface area contributed by atoms with Crippen molar-refractivity contribution in [2.45, 2.75) is 9.50 Å². The van der Waals surface area contributed by atoms with E-state index in [0.717, 1.165) is 0 Å². The van der Waals surface area contributed by atoms with E-state index in [-0.39, 0.29) is 17.3 Å². The van der Waals surface area contributed by atoms with Crippen molar-refractivity contribution < 1.29 is 9.72 Å². The molecule has 1 aromatic heterocycles. The highest BCUT2D eigenvalue weighted by Gasteiger charge is 2.10. The molecule has 0 aliphatic carbocycles. The van der Waals surface area contributed by atoms with Crippen molar-refractivity contribution in [1.82, 2.24) is 9.36 Å². The van der Waals surface area contributed by atoms with Gasteiger partial charge in [-0.05, 0) is 23.9 Å². The van der Waals surface area contributed by atoms with Crippen molar-refractivity contribution in [3.63, 3.8) is 0 Å². The lowest BCUT2D eigenvalue weighted by atomic mass is 10.3. The van der Waals surface area contributed by atoms with E-state index in [0.29, 0.717) is 15.2 Å². The van der Waals surface area contributed by atoms with Crippen LogP contribution in [-0.2, 0) is 4.79 Å². The molecule has 1 aromatic carbocycles. The van der Waals surface area contributed by atoms with Crippen molar-refractivity contribution in [1.29, 1.82) is 0 Å². The number of non-ortho nitro benzene ring substituents is 1. The first-order valence-electron chi connectivity index (χ1n) is 5.63. The van der Waals surface area contributed by atoms with Crippen LogP contribution in [0.4, 0.5) is 11.4 Å². The first-order valence-corrected chi connectivity index (χ1v) is 8.61. The van der Waals surface area contributed by atoms with Gasteiger partial charge in [0.1, 0.15) is 0 Å². The Balaban J connectivity index is 1.89. The number of rotatable bonds is 6. The Kier molecular flexibility index (Phi) is 5.53. The quantitative estimate of drug-likeness (QED) is 0.489. The van der Waals surface area contributed by atoms with Crippen molar-refractivity contribution in [2.24, 2.45) is 0 Å². The molecule has 0 aliphatic rings. The van der Waals surface area contributed by atoms with E-state index in [1.165, 1.54) is 53.3 Å². The summed E-state index contributed by atoms with van der Waals surface area (Å²) in [6.07, 6.45) is 1.88. The Hall–Kier alpha value is -1.65. The summed E-state index contributed by atoms with van der Waals surface area (Å²) in [5.41, 5.74) is 0.339. The Morgan fingerprint density at radius 2 is 2.33 bits per heavy atom. The Morgan fingerprint density at radius 3 is 3.00 bits per heavy atom. The maximum absolute atomic E-state index is 11.8. The fourth-order valence-electron chi connectivity index (χ4n) is 1.36. The largest absolute Gasteiger partial charge is 0.325 e. The molecule has 0 atom stereocenters. The monoisotopic (exact) mass is 342 g/mol. The number of anilines is 1. The summed E-state index contributed by atoms with van der Waals surface area (Å²) in [5.74, 6) is -0.0764. The van der Waals surface area contributed by atoms with Crippen molar-refractivity contribution in [2.75, 3.05) is 17.3 Å². The maximum Gasteiger partial charge on any atom is 0.271 e. The summed E-state index contributed by atoms with van der Waals surface area (Å²) < 4.78 is 4.81. The Labute approximate surface area is 132 Å². The zero-order chi connectivity index (χ0) is 15.2. The second-order valence-corrected chi connectivity index (χ2v) is 6.44. The van der Waals surface area contributed by atoms with Crippen LogP contribution >= 0.6 is 35.1 Å². The second-order valence-electron chi connectivity index (χ2n) is 3.69. The van der Waals surface area contributed by atoms with E-state index < -0.39 is 4.92 Å². The topological polar surface area (TPSA) is 98.0 Å². The molecule has 0 fully saturated rings. The van der Waals surface area contributed by atoms with E-state index in [9.17, 15) is 14.9 Å². The molecular weight excluding hydrogens is 332 g/mol. The van der Waals surface area contributed by atoms with Crippen LogP contribution in [0.3, 0.4) is 0 Å². The second kappa shape index (κ2) is 7.38. The first kappa shape index (κ1) is 15.7. The molecule has 1 amide bonds. The minimum Gasteiger partial charge on any atom is -0.325 e. The highest BCUT2D eigenvalue weighted by molar-refractivity contribution is 8.01. The van der Waals surface area contributed by atoms with Crippen LogP contribution < -0.4 is 5.32 Å². The van der Waals surface area contributed by atoms with Crippen molar-refractivity contribution in [3.05, 3.63) is 34.4 Å². The van der Waals surface area contributed by atoms with Crippen LogP contribution in [-0.4, -0.2) is 32.2 Å². The third-order valence-electron chi connectivity index (χ3n) is 2.24. The third-order valence-corrected chi connectivity index (χ3v) is 4.74. The van der Waals surface area contributed by atoms with E-state index in [1.807, 2.05) is 6.26 Å². The van der Waals surface area contributed by atoms with Gasteiger partial charge in [-0.2, -0.15) is 4.37 Å². The summed E-state index contributed by atoms with van der Waals surface area (Å²) in [4.78, 5) is 26.2. The maximum atomic E-state index is 11.8. The van der Waals surface area contributed by atoms with Crippen molar-refractivity contribution >= 4 is 52.3 Å². The van der Waals surface area contributed by atoms with Gasteiger partial charge in [-0.1, -0.05) is 29.6 Å². The average Bonchev–Trinajstić information content (AvgIpc) is 2.93. The average molecular weight is 342 g/mol. The third kappa shape index (κ3) is 4.69. The number of nitro groups is 1. The minimum absolute atomic E-state index is 0.0609. The molecular formula is C11H10N4O3S3. The fourth-order valence-corrected chi connectivity index (χ4v) is 3.37. The fraction of sp³-hybridized carbons (Fsp3) is 0.182. The van der Waals surface area contributed by atoms with Gasteiger partial charge in [0.25, 0.3) is 5.69 Å². The van der Waals surface area contributed by atoms with E-state index in [4.69, 9.17) is 0 Å². The van der Waals surface area contributed by atoms with Gasteiger partial charge in [0, 0.05) is 17.8 Å². The number of nitrogens with zero attached hydrogens (tertiary/aromatic N) is 3. The normalized spacial score (nSPS) is 10.3. The number of amides is 1. The number of thioether (sulfide) groups is 2. The molecule has 0 saturated heterocycles. The molecule has 1 N–H and O–H groups in total. The molecule has 0 saturated carbocycles. The number of hydrogen-bond donors (Lipinski definition) is 1. The van der Waals surface area contributed by atoms with Gasteiger partial charge < -0.3 is 5.32 Å². The van der Waals surface area contributed by atoms with Crippen LogP contribution in [0.1, 0.15) is 0 Å². The van der Waals surface area contributed by atoms with E-state index in [2.05, 4.69) is 14.7 Å². The van der Waals surface area contributed by atoms with Crippen LogP contribution in [0, 0.1) is 10.1 Å². The molecule has 2 rings (SSSR count). The minimum atomic E-state index is -0.504.